The van der Waals surface area contributed by atoms with Gasteiger partial charge in [0.15, 0.2) is 11.2 Å². The summed E-state index contributed by atoms with van der Waals surface area (Å²) in [6.45, 7) is 0.208. The first-order valence-electron chi connectivity index (χ1n) is 8.37. The molecule has 1 fully saturated rings. The maximum atomic E-state index is 13.4. The molecule has 1 unspecified atom stereocenters. The van der Waals surface area contributed by atoms with E-state index in [9.17, 15) is 23.5 Å². The van der Waals surface area contributed by atoms with Crippen molar-refractivity contribution < 1.29 is 23.1 Å². The zero-order valence-corrected chi connectivity index (χ0v) is 14.1. The van der Waals surface area contributed by atoms with Crippen molar-refractivity contribution in [3.63, 3.8) is 0 Å². The summed E-state index contributed by atoms with van der Waals surface area (Å²) in [6.07, 6.45) is 0.261. The molecule has 4 rings (SSSR count). The molecule has 2 heterocycles. The lowest BCUT2D eigenvalue weighted by Gasteiger charge is -2.23. The quantitative estimate of drug-likeness (QED) is 0.752. The molecule has 138 valence electrons. The van der Waals surface area contributed by atoms with E-state index in [1.165, 1.54) is 35.2 Å². The minimum atomic E-state index is -1.31. The first-order chi connectivity index (χ1) is 12.9. The number of likely N-dealkylation sites (tertiary alicyclic amines) is 1. The normalized spacial score (nSPS) is 19.6. The minimum Gasteiger partial charge on any atom is -0.451 e. The van der Waals surface area contributed by atoms with E-state index in [0.29, 0.717) is 5.56 Å². The van der Waals surface area contributed by atoms with Gasteiger partial charge in [0.05, 0.1) is 11.9 Å². The van der Waals surface area contributed by atoms with Crippen molar-refractivity contribution in [2.75, 3.05) is 13.1 Å². The largest absolute Gasteiger partial charge is 0.451 e. The van der Waals surface area contributed by atoms with Crippen molar-refractivity contribution in [3.05, 3.63) is 81.7 Å². The number of benzene rings is 2. The first kappa shape index (κ1) is 17.4. The summed E-state index contributed by atoms with van der Waals surface area (Å²) in [5.41, 5.74) is -1.28. The summed E-state index contributed by atoms with van der Waals surface area (Å²) >= 11 is 0. The van der Waals surface area contributed by atoms with Gasteiger partial charge in [0.1, 0.15) is 22.8 Å². The Bertz CT molecular complexity index is 1090. The van der Waals surface area contributed by atoms with Crippen molar-refractivity contribution >= 4 is 16.9 Å². The number of aliphatic hydroxyl groups is 1. The Morgan fingerprint density at radius 1 is 1.07 bits per heavy atom. The number of β-amino-alcohol motifs (C(OH)–C–C–N with tert-alkyl or cyclic N) is 1. The molecule has 0 spiro atoms. The van der Waals surface area contributed by atoms with Crippen LogP contribution in [0, 0.1) is 11.6 Å². The lowest BCUT2D eigenvalue weighted by Crippen LogP contribution is -2.34. The van der Waals surface area contributed by atoms with Crippen LogP contribution in [0.1, 0.15) is 22.5 Å². The molecule has 0 bridgehead atoms. The van der Waals surface area contributed by atoms with E-state index < -0.39 is 28.6 Å². The highest BCUT2D eigenvalue weighted by molar-refractivity contribution is 5.93. The van der Waals surface area contributed by atoms with Crippen molar-refractivity contribution in [1.82, 2.24) is 4.90 Å². The third kappa shape index (κ3) is 3.10. The molecule has 7 heteroatoms. The Hall–Kier alpha value is -3.06. The molecule has 27 heavy (non-hydrogen) atoms. The second-order valence-electron chi connectivity index (χ2n) is 6.63. The summed E-state index contributed by atoms with van der Waals surface area (Å²) < 4.78 is 31.9. The molecule has 5 nitrogen and oxygen atoms in total. The lowest BCUT2D eigenvalue weighted by atomic mass is 9.93. The molecular weight excluding hydrogens is 356 g/mol. The van der Waals surface area contributed by atoms with E-state index in [0.717, 1.165) is 18.2 Å². The molecule has 1 atom stereocenters. The number of carbonyl (C=O) groups excluding carboxylic acids is 1. The highest BCUT2D eigenvalue weighted by Crippen LogP contribution is 2.32. The van der Waals surface area contributed by atoms with Crippen LogP contribution in [0.15, 0.2) is 57.7 Å². The minimum absolute atomic E-state index is 0.0150. The highest BCUT2D eigenvalue weighted by Gasteiger charge is 2.40. The molecule has 1 aromatic heterocycles. The third-order valence-corrected chi connectivity index (χ3v) is 4.82. The number of nitrogens with zero attached hydrogens (tertiary/aromatic N) is 1. The van der Waals surface area contributed by atoms with Gasteiger partial charge >= 0.3 is 0 Å². The molecule has 3 aromatic rings. The maximum absolute atomic E-state index is 13.4. The monoisotopic (exact) mass is 371 g/mol. The van der Waals surface area contributed by atoms with Gasteiger partial charge < -0.3 is 14.4 Å². The number of hydrogen-bond donors (Lipinski definition) is 1. The van der Waals surface area contributed by atoms with Crippen LogP contribution in [0.5, 0.6) is 0 Å². The number of amides is 1. The fourth-order valence-corrected chi connectivity index (χ4v) is 3.35. The van der Waals surface area contributed by atoms with Crippen molar-refractivity contribution in [2.24, 2.45) is 0 Å². The summed E-state index contributed by atoms with van der Waals surface area (Å²) in [7, 11) is 0. The predicted octanol–water partition coefficient (Wildman–Crippen LogP) is 2.80. The van der Waals surface area contributed by atoms with Crippen molar-refractivity contribution in [3.8, 4) is 0 Å². The fraction of sp³-hybridized carbons (Fsp3) is 0.200. The van der Waals surface area contributed by atoms with E-state index in [1.807, 2.05) is 0 Å². The summed E-state index contributed by atoms with van der Waals surface area (Å²) in [4.78, 5) is 26.3. The van der Waals surface area contributed by atoms with Gasteiger partial charge in [-0.15, -0.1) is 0 Å². The predicted molar refractivity (Wildman–Crippen MR) is 93.3 cm³/mol. The molecule has 1 saturated heterocycles. The van der Waals surface area contributed by atoms with Crippen molar-refractivity contribution in [2.45, 2.75) is 12.0 Å². The van der Waals surface area contributed by atoms with Gasteiger partial charge in [-0.05, 0) is 36.2 Å². The molecular formula is C20H15F2NO4. The van der Waals surface area contributed by atoms with Gasteiger partial charge in [0.25, 0.3) is 5.91 Å². The number of rotatable bonds is 2. The zero-order chi connectivity index (χ0) is 19.2. The van der Waals surface area contributed by atoms with Crippen LogP contribution in [-0.2, 0) is 5.60 Å². The van der Waals surface area contributed by atoms with Gasteiger partial charge in [-0.25, -0.2) is 8.78 Å². The number of halogens is 2. The standard InChI is InChI=1S/C20H15F2NO4/c21-13-3-1-12(2-4-13)20(26)7-8-23(11-20)19(25)18-10-16(24)15-6-5-14(22)9-17(15)27-18/h1-6,9-10,26H,7-8,11H2. The Morgan fingerprint density at radius 2 is 1.78 bits per heavy atom. The van der Waals surface area contributed by atoms with Gasteiger partial charge in [-0.1, -0.05) is 12.1 Å². The average Bonchev–Trinajstić information content (AvgIpc) is 3.04. The summed E-state index contributed by atoms with van der Waals surface area (Å²) in [5.74, 6) is -1.79. The van der Waals surface area contributed by atoms with Gasteiger partial charge in [0, 0.05) is 18.7 Å². The zero-order valence-electron chi connectivity index (χ0n) is 14.1. The molecule has 1 aliphatic heterocycles. The molecule has 0 saturated carbocycles. The van der Waals surface area contributed by atoms with Crippen LogP contribution in [0.4, 0.5) is 8.78 Å². The molecule has 2 aromatic carbocycles. The average molecular weight is 371 g/mol. The van der Waals surface area contributed by atoms with E-state index in [2.05, 4.69) is 0 Å². The van der Waals surface area contributed by atoms with Crippen LogP contribution in [-0.4, -0.2) is 29.0 Å². The summed E-state index contributed by atoms with van der Waals surface area (Å²) in [6, 6.07) is 10.00. The van der Waals surface area contributed by atoms with E-state index in [-0.39, 0.29) is 36.2 Å². The van der Waals surface area contributed by atoms with Crippen LogP contribution >= 0.6 is 0 Å². The molecule has 1 N–H and O–H groups in total. The molecule has 1 amide bonds. The number of hydrogen-bond acceptors (Lipinski definition) is 4. The van der Waals surface area contributed by atoms with Crippen LogP contribution in [0.3, 0.4) is 0 Å². The van der Waals surface area contributed by atoms with Crippen molar-refractivity contribution in [1.29, 1.82) is 0 Å². The molecule has 1 aliphatic rings. The van der Waals surface area contributed by atoms with Gasteiger partial charge in [-0.2, -0.15) is 0 Å². The Kier molecular flexibility index (Phi) is 4.04. The second-order valence-corrected chi connectivity index (χ2v) is 6.63. The Labute approximate surface area is 152 Å². The third-order valence-electron chi connectivity index (χ3n) is 4.82. The topological polar surface area (TPSA) is 70.8 Å². The fourth-order valence-electron chi connectivity index (χ4n) is 3.35. The van der Waals surface area contributed by atoms with E-state index >= 15 is 0 Å². The molecule has 0 radical (unpaired) electrons. The highest BCUT2D eigenvalue weighted by atomic mass is 19.1. The maximum Gasteiger partial charge on any atom is 0.289 e. The lowest BCUT2D eigenvalue weighted by molar-refractivity contribution is 0.0407. The van der Waals surface area contributed by atoms with Crippen LogP contribution in [0.2, 0.25) is 0 Å². The van der Waals surface area contributed by atoms with Gasteiger partial charge in [-0.3, -0.25) is 9.59 Å². The molecule has 0 aliphatic carbocycles. The van der Waals surface area contributed by atoms with E-state index in [1.54, 1.807) is 0 Å². The first-order valence-corrected chi connectivity index (χ1v) is 8.37. The second kappa shape index (κ2) is 6.28. The van der Waals surface area contributed by atoms with Crippen LogP contribution in [0.25, 0.3) is 11.0 Å². The van der Waals surface area contributed by atoms with Crippen LogP contribution < -0.4 is 5.43 Å². The number of carbonyl (C=O) groups is 1. The van der Waals surface area contributed by atoms with E-state index in [4.69, 9.17) is 4.42 Å². The summed E-state index contributed by atoms with van der Waals surface area (Å²) in [5, 5.41) is 11.0. The Morgan fingerprint density at radius 3 is 2.52 bits per heavy atom. The smallest absolute Gasteiger partial charge is 0.289 e. The number of fused-ring (bicyclic) bond motifs is 1. The SMILES string of the molecule is O=C(c1cc(=O)c2ccc(F)cc2o1)N1CCC(O)(c2ccc(F)cc2)C1. The Balaban J connectivity index is 1.63. The van der Waals surface area contributed by atoms with Gasteiger partial charge in [0.2, 0.25) is 0 Å².